The molecule has 0 unspecified atom stereocenters. The van der Waals surface area contributed by atoms with Gasteiger partial charge in [-0.15, -0.1) is 0 Å². The lowest BCUT2D eigenvalue weighted by atomic mass is 10.1. The van der Waals surface area contributed by atoms with E-state index in [9.17, 15) is 9.59 Å². The third kappa shape index (κ3) is 3.17. The van der Waals surface area contributed by atoms with Gasteiger partial charge in [0, 0.05) is 24.2 Å². The maximum atomic E-state index is 12.0. The van der Waals surface area contributed by atoms with E-state index in [0.717, 1.165) is 12.8 Å². The molecule has 108 valence electrons. The Morgan fingerprint density at radius 3 is 2.35 bits per heavy atom. The van der Waals surface area contributed by atoms with Crippen LogP contribution in [0.25, 0.3) is 0 Å². The average Bonchev–Trinajstić information content (AvgIpc) is 2.76. The molecule has 2 N–H and O–H groups in total. The van der Waals surface area contributed by atoms with E-state index in [1.54, 1.807) is 12.1 Å². The number of nitrogens with one attached hydrogen (secondary N) is 1. The van der Waals surface area contributed by atoms with E-state index < -0.39 is 5.97 Å². The third-order valence-corrected chi connectivity index (χ3v) is 4.08. The lowest BCUT2D eigenvalue weighted by molar-refractivity contribution is 0.0696. The van der Waals surface area contributed by atoms with Gasteiger partial charge in [-0.05, 0) is 51.1 Å². The molecule has 1 heterocycles. The molecule has 2 rings (SSSR count). The fourth-order valence-electron chi connectivity index (χ4n) is 2.52. The second-order valence-electron chi connectivity index (χ2n) is 5.34. The van der Waals surface area contributed by atoms with Crippen LogP contribution in [0.3, 0.4) is 0 Å². The molecule has 1 aromatic carbocycles. The van der Waals surface area contributed by atoms with Gasteiger partial charge in [0.2, 0.25) is 0 Å². The highest BCUT2D eigenvalue weighted by molar-refractivity contribution is 5.95. The molecule has 1 saturated heterocycles. The summed E-state index contributed by atoms with van der Waals surface area (Å²) in [4.78, 5) is 25.0. The Hall–Kier alpha value is -1.88. The average molecular weight is 276 g/mol. The molecule has 1 aliphatic rings. The van der Waals surface area contributed by atoms with Gasteiger partial charge in [-0.3, -0.25) is 9.69 Å². The second-order valence-corrected chi connectivity index (χ2v) is 5.34. The molecule has 0 aromatic heterocycles. The quantitative estimate of drug-likeness (QED) is 0.876. The number of rotatable bonds is 4. The van der Waals surface area contributed by atoms with E-state index in [4.69, 9.17) is 5.11 Å². The van der Waals surface area contributed by atoms with Gasteiger partial charge in [0.15, 0.2) is 0 Å². The topological polar surface area (TPSA) is 69.6 Å². The van der Waals surface area contributed by atoms with Gasteiger partial charge in [-0.25, -0.2) is 4.79 Å². The Kier molecular flexibility index (Phi) is 4.39. The standard InChI is InChI=1S/C15H20N2O3/c1-10-3-8-13(17(10)2)9-16-14(18)11-4-6-12(7-5-11)15(19)20/h4-7,10,13H,3,8-9H2,1-2H3,(H,16,18)(H,19,20)/t10-,13-/m0/s1. The summed E-state index contributed by atoms with van der Waals surface area (Å²) in [5, 5.41) is 11.7. The van der Waals surface area contributed by atoms with Crippen molar-refractivity contribution in [1.29, 1.82) is 0 Å². The Bertz CT molecular complexity index is 498. The Balaban J connectivity index is 1.90. The number of likely N-dealkylation sites (N-methyl/N-ethyl adjacent to an activating group) is 1. The molecule has 1 fully saturated rings. The number of aromatic carboxylic acids is 1. The van der Waals surface area contributed by atoms with Gasteiger partial charge in [0.1, 0.15) is 0 Å². The molecule has 5 nitrogen and oxygen atoms in total. The summed E-state index contributed by atoms with van der Waals surface area (Å²) in [7, 11) is 2.08. The number of hydrogen-bond donors (Lipinski definition) is 2. The number of carbonyl (C=O) groups is 2. The third-order valence-electron chi connectivity index (χ3n) is 4.08. The zero-order valence-corrected chi connectivity index (χ0v) is 11.8. The highest BCUT2D eigenvalue weighted by atomic mass is 16.4. The Labute approximate surface area is 118 Å². The lowest BCUT2D eigenvalue weighted by Crippen LogP contribution is -2.40. The largest absolute Gasteiger partial charge is 0.478 e. The van der Waals surface area contributed by atoms with Crippen LogP contribution in [0, 0.1) is 0 Å². The Morgan fingerprint density at radius 1 is 1.25 bits per heavy atom. The van der Waals surface area contributed by atoms with Crippen molar-refractivity contribution >= 4 is 11.9 Å². The zero-order chi connectivity index (χ0) is 14.7. The summed E-state index contributed by atoms with van der Waals surface area (Å²) >= 11 is 0. The molecular weight excluding hydrogens is 256 g/mol. The lowest BCUT2D eigenvalue weighted by Gasteiger charge is -2.23. The first-order chi connectivity index (χ1) is 9.49. The predicted octanol–water partition coefficient (Wildman–Crippen LogP) is 1.60. The molecule has 1 aromatic rings. The molecule has 0 bridgehead atoms. The molecule has 0 aliphatic carbocycles. The van der Waals surface area contributed by atoms with E-state index in [2.05, 4.69) is 24.2 Å². The molecule has 0 radical (unpaired) electrons. The van der Waals surface area contributed by atoms with Crippen molar-refractivity contribution in [2.24, 2.45) is 0 Å². The van der Waals surface area contributed by atoms with Gasteiger partial charge < -0.3 is 10.4 Å². The first-order valence-electron chi connectivity index (χ1n) is 6.82. The monoisotopic (exact) mass is 276 g/mol. The molecule has 2 atom stereocenters. The number of amides is 1. The zero-order valence-electron chi connectivity index (χ0n) is 11.8. The maximum Gasteiger partial charge on any atom is 0.335 e. The minimum absolute atomic E-state index is 0.158. The van der Waals surface area contributed by atoms with E-state index in [1.165, 1.54) is 12.1 Å². The van der Waals surface area contributed by atoms with Crippen molar-refractivity contribution in [1.82, 2.24) is 10.2 Å². The van der Waals surface area contributed by atoms with Gasteiger partial charge >= 0.3 is 5.97 Å². The summed E-state index contributed by atoms with van der Waals surface area (Å²) in [5.74, 6) is -1.14. The van der Waals surface area contributed by atoms with Crippen LogP contribution in [0.4, 0.5) is 0 Å². The highest BCUT2D eigenvalue weighted by Gasteiger charge is 2.27. The molecule has 1 amide bonds. The maximum absolute atomic E-state index is 12.0. The molecule has 5 heteroatoms. The van der Waals surface area contributed by atoms with Crippen LogP contribution in [0.15, 0.2) is 24.3 Å². The first-order valence-corrected chi connectivity index (χ1v) is 6.82. The van der Waals surface area contributed by atoms with Gasteiger partial charge in [-0.2, -0.15) is 0 Å². The number of carboxylic acid groups (broad SMARTS) is 1. The fraction of sp³-hybridized carbons (Fsp3) is 0.467. The van der Waals surface area contributed by atoms with Gasteiger partial charge in [-0.1, -0.05) is 0 Å². The summed E-state index contributed by atoms with van der Waals surface area (Å²) in [6.07, 6.45) is 2.25. The number of nitrogens with zero attached hydrogens (tertiary/aromatic N) is 1. The number of likely N-dealkylation sites (tertiary alicyclic amines) is 1. The second kappa shape index (κ2) is 6.05. The van der Waals surface area contributed by atoms with Crippen LogP contribution in [-0.4, -0.2) is 47.6 Å². The van der Waals surface area contributed by atoms with Crippen molar-refractivity contribution in [3.8, 4) is 0 Å². The molecular formula is C15H20N2O3. The van der Waals surface area contributed by atoms with Crippen molar-refractivity contribution in [3.63, 3.8) is 0 Å². The smallest absolute Gasteiger partial charge is 0.335 e. The van der Waals surface area contributed by atoms with Crippen LogP contribution >= 0.6 is 0 Å². The van der Waals surface area contributed by atoms with Crippen molar-refractivity contribution in [2.45, 2.75) is 31.8 Å². The molecule has 20 heavy (non-hydrogen) atoms. The predicted molar refractivity (Wildman–Crippen MR) is 76.0 cm³/mol. The molecule has 0 saturated carbocycles. The van der Waals surface area contributed by atoms with Crippen molar-refractivity contribution in [3.05, 3.63) is 35.4 Å². The number of benzene rings is 1. The molecule has 0 spiro atoms. The van der Waals surface area contributed by atoms with E-state index in [-0.39, 0.29) is 11.5 Å². The normalized spacial score (nSPS) is 22.7. The summed E-state index contributed by atoms with van der Waals surface area (Å²) in [6, 6.07) is 6.92. The van der Waals surface area contributed by atoms with Gasteiger partial charge in [0.05, 0.1) is 5.56 Å². The van der Waals surface area contributed by atoms with Crippen molar-refractivity contribution in [2.75, 3.05) is 13.6 Å². The van der Waals surface area contributed by atoms with Crippen LogP contribution < -0.4 is 5.32 Å². The van der Waals surface area contributed by atoms with E-state index >= 15 is 0 Å². The molecule has 1 aliphatic heterocycles. The van der Waals surface area contributed by atoms with Crippen LogP contribution in [-0.2, 0) is 0 Å². The summed E-state index contributed by atoms with van der Waals surface area (Å²) in [6.45, 7) is 2.81. The van der Waals surface area contributed by atoms with Crippen LogP contribution in [0.2, 0.25) is 0 Å². The highest BCUT2D eigenvalue weighted by Crippen LogP contribution is 2.20. The minimum Gasteiger partial charge on any atom is -0.478 e. The number of carbonyl (C=O) groups excluding carboxylic acids is 1. The van der Waals surface area contributed by atoms with E-state index in [0.29, 0.717) is 24.2 Å². The van der Waals surface area contributed by atoms with Gasteiger partial charge in [0.25, 0.3) is 5.91 Å². The Morgan fingerprint density at radius 2 is 1.85 bits per heavy atom. The minimum atomic E-state index is -0.987. The van der Waals surface area contributed by atoms with E-state index in [1.807, 2.05) is 0 Å². The summed E-state index contributed by atoms with van der Waals surface area (Å²) < 4.78 is 0. The first kappa shape index (κ1) is 14.5. The van der Waals surface area contributed by atoms with Crippen molar-refractivity contribution < 1.29 is 14.7 Å². The SMILES string of the molecule is C[C@H]1CC[C@@H](CNC(=O)c2ccc(C(=O)O)cc2)N1C. The fourth-order valence-corrected chi connectivity index (χ4v) is 2.52. The number of hydrogen-bond acceptors (Lipinski definition) is 3. The summed E-state index contributed by atoms with van der Waals surface area (Å²) in [5.41, 5.74) is 0.676. The van der Waals surface area contributed by atoms with Crippen LogP contribution in [0.1, 0.15) is 40.5 Å². The van der Waals surface area contributed by atoms with Crippen LogP contribution in [0.5, 0.6) is 0 Å². The number of carboxylic acids is 1.